The van der Waals surface area contributed by atoms with Gasteiger partial charge in [-0.2, -0.15) is 0 Å². The fourth-order valence-electron chi connectivity index (χ4n) is 1.49. The van der Waals surface area contributed by atoms with E-state index in [-0.39, 0.29) is 11.8 Å². The predicted octanol–water partition coefficient (Wildman–Crippen LogP) is 3.61. The molecule has 1 aromatic carbocycles. The summed E-state index contributed by atoms with van der Waals surface area (Å²) in [5.74, 6) is -0.233. The molecule has 0 saturated heterocycles. The Bertz CT molecular complexity index is 513. The lowest BCUT2D eigenvalue weighted by Gasteiger charge is -2.14. The molecule has 0 aliphatic rings. The zero-order valence-corrected chi connectivity index (χ0v) is 10.6. The second-order valence-corrected chi connectivity index (χ2v) is 4.55. The van der Waals surface area contributed by atoms with Gasteiger partial charge in [0, 0.05) is 17.6 Å². The molecule has 0 radical (unpaired) electrons. The SMILES string of the molecule is CC(Nc1cnns1)c1ccc(OC(F)(F)F)cc1. The number of hydrogen-bond donors (Lipinski definition) is 1. The van der Waals surface area contributed by atoms with E-state index in [1.165, 1.54) is 23.7 Å². The van der Waals surface area contributed by atoms with Crippen molar-refractivity contribution in [2.75, 3.05) is 5.32 Å². The second-order valence-electron chi connectivity index (χ2n) is 3.76. The van der Waals surface area contributed by atoms with Crippen molar-refractivity contribution in [3.8, 4) is 5.75 Å². The molecule has 2 aromatic rings. The van der Waals surface area contributed by atoms with E-state index >= 15 is 0 Å². The topological polar surface area (TPSA) is 47.0 Å². The number of hydrogen-bond acceptors (Lipinski definition) is 5. The van der Waals surface area contributed by atoms with Crippen molar-refractivity contribution in [1.82, 2.24) is 9.59 Å². The zero-order valence-electron chi connectivity index (χ0n) is 9.81. The summed E-state index contributed by atoms with van der Waals surface area (Å²) >= 11 is 1.21. The van der Waals surface area contributed by atoms with E-state index in [1.54, 1.807) is 18.3 Å². The third-order valence-corrected chi connectivity index (χ3v) is 2.93. The number of nitrogens with zero attached hydrogens (tertiary/aromatic N) is 2. The monoisotopic (exact) mass is 289 g/mol. The Balaban J connectivity index is 2.01. The molecule has 1 heterocycles. The van der Waals surface area contributed by atoms with E-state index < -0.39 is 6.36 Å². The van der Waals surface area contributed by atoms with Gasteiger partial charge in [-0.05, 0) is 24.6 Å². The van der Waals surface area contributed by atoms with Crippen molar-refractivity contribution in [2.45, 2.75) is 19.3 Å². The van der Waals surface area contributed by atoms with Crippen LogP contribution in [0.4, 0.5) is 18.2 Å². The molecule has 1 N–H and O–H groups in total. The highest BCUT2D eigenvalue weighted by atomic mass is 32.1. The quantitative estimate of drug-likeness (QED) is 0.934. The predicted molar refractivity (Wildman–Crippen MR) is 65.1 cm³/mol. The molecule has 1 atom stereocenters. The molecule has 1 unspecified atom stereocenters. The van der Waals surface area contributed by atoms with Gasteiger partial charge in [-0.25, -0.2) is 0 Å². The maximum Gasteiger partial charge on any atom is 0.573 e. The summed E-state index contributed by atoms with van der Waals surface area (Å²) in [5, 5.41) is 7.62. The third kappa shape index (κ3) is 4.09. The maximum absolute atomic E-state index is 12.0. The zero-order chi connectivity index (χ0) is 13.9. The van der Waals surface area contributed by atoms with Crippen LogP contribution in [0.25, 0.3) is 0 Å². The Hall–Kier alpha value is -1.83. The van der Waals surface area contributed by atoms with Crippen LogP contribution < -0.4 is 10.1 Å². The first kappa shape index (κ1) is 13.6. The first-order chi connectivity index (χ1) is 8.94. The van der Waals surface area contributed by atoms with E-state index in [0.717, 1.165) is 10.6 Å². The summed E-state index contributed by atoms with van der Waals surface area (Å²) in [6.07, 6.45) is -3.08. The minimum absolute atomic E-state index is 0.0674. The molecule has 0 aliphatic carbocycles. The maximum atomic E-state index is 12.0. The van der Waals surface area contributed by atoms with Gasteiger partial charge in [-0.1, -0.05) is 16.6 Å². The lowest BCUT2D eigenvalue weighted by atomic mass is 10.1. The van der Waals surface area contributed by atoms with E-state index in [0.29, 0.717) is 0 Å². The average molecular weight is 289 g/mol. The van der Waals surface area contributed by atoms with Gasteiger partial charge in [0.15, 0.2) is 0 Å². The fourth-order valence-corrected chi connectivity index (χ4v) is 1.99. The van der Waals surface area contributed by atoms with Crippen LogP contribution in [0.1, 0.15) is 18.5 Å². The molecule has 2 rings (SSSR count). The van der Waals surface area contributed by atoms with Crippen molar-refractivity contribution in [1.29, 1.82) is 0 Å². The van der Waals surface area contributed by atoms with Gasteiger partial charge < -0.3 is 10.1 Å². The van der Waals surface area contributed by atoms with Gasteiger partial charge in [0.2, 0.25) is 0 Å². The summed E-state index contributed by atoms with van der Waals surface area (Å²) in [5.41, 5.74) is 0.836. The first-order valence-electron chi connectivity index (χ1n) is 5.33. The molecule has 8 heteroatoms. The van der Waals surface area contributed by atoms with Crippen molar-refractivity contribution >= 4 is 16.5 Å². The van der Waals surface area contributed by atoms with Gasteiger partial charge in [0.05, 0.1) is 6.20 Å². The van der Waals surface area contributed by atoms with Crippen LogP contribution in [0, 0.1) is 0 Å². The fraction of sp³-hybridized carbons (Fsp3) is 0.273. The van der Waals surface area contributed by atoms with Crippen molar-refractivity contribution < 1.29 is 17.9 Å². The van der Waals surface area contributed by atoms with Crippen LogP contribution in [0.2, 0.25) is 0 Å². The highest BCUT2D eigenvalue weighted by Crippen LogP contribution is 2.26. The molecule has 0 fully saturated rings. The number of ether oxygens (including phenoxy) is 1. The Kier molecular flexibility index (Phi) is 3.89. The Morgan fingerprint density at radius 3 is 2.47 bits per heavy atom. The van der Waals surface area contributed by atoms with Crippen LogP contribution in [-0.2, 0) is 0 Å². The smallest absolute Gasteiger partial charge is 0.406 e. The van der Waals surface area contributed by atoms with Crippen LogP contribution in [0.3, 0.4) is 0 Å². The second kappa shape index (κ2) is 5.43. The summed E-state index contributed by atoms with van der Waals surface area (Å²) in [6.45, 7) is 1.89. The van der Waals surface area contributed by atoms with Gasteiger partial charge in [0.25, 0.3) is 0 Å². The van der Waals surface area contributed by atoms with E-state index in [1.807, 2.05) is 6.92 Å². The average Bonchev–Trinajstić information content (AvgIpc) is 2.80. The number of benzene rings is 1. The lowest BCUT2D eigenvalue weighted by molar-refractivity contribution is -0.274. The lowest BCUT2D eigenvalue weighted by Crippen LogP contribution is -2.17. The van der Waals surface area contributed by atoms with Crippen molar-refractivity contribution in [2.24, 2.45) is 0 Å². The number of anilines is 1. The Morgan fingerprint density at radius 1 is 1.26 bits per heavy atom. The third-order valence-electron chi connectivity index (χ3n) is 2.33. The standard InChI is InChI=1S/C11H10F3N3OS/c1-7(16-10-6-15-17-19-10)8-2-4-9(5-3-8)18-11(12,13)14/h2-7,16H,1H3. The summed E-state index contributed by atoms with van der Waals surface area (Å²) in [7, 11) is 0. The van der Waals surface area contributed by atoms with E-state index in [4.69, 9.17) is 0 Å². The number of halogens is 3. The molecule has 0 amide bonds. The number of alkyl halides is 3. The van der Waals surface area contributed by atoms with Crippen LogP contribution in [0.15, 0.2) is 30.5 Å². The van der Waals surface area contributed by atoms with Crippen molar-refractivity contribution in [3.05, 3.63) is 36.0 Å². The molecule has 19 heavy (non-hydrogen) atoms. The molecule has 0 saturated carbocycles. The molecule has 0 spiro atoms. The summed E-state index contributed by atoms with van der Waals surface area (Å²) < 4.78 is 43.5. The Morgan fingerprint density at radius 2 is 1.95 bits per heavy atom. The summed E-state index contributed by atoms with van der Waals surface area (Å²) in [6, 6.07) is 5.65. The number of nitrogens with one attached hydrogen (secondary N) is 1. The molecule has 0 bridgehead atoms. The Labute approximate surface area is 111 Å². The highest BCUT2D eigenvalue weighted by Gasteiger charge is 2.30. The molecule has 1 aromatic heterocycles. The van der Waals surface area contributed by atoms with Crippen LogP contribution in [-0.4, -0.2) is 15.9 Å². The molecule has 0 aliphatic heterocycles. The molecular weight excluding hydrogens is 279 g/mol. The highest BCUT2D eigenvalue weighted by molar-refractivity contribution is 7.09. The molecule has 102 valence electrons. The molecular formula is C11H10F3N3OS. The van der Waals surface area contributed by atoms with Crippen LogP contribution >= 0.6 is 11.5 Å². The normalized spacial score (nSPS) is 13.1. The largest absolute Gasteiger partial charge is 0.573 e. The van der Waals surface area contributed by atoms with Gasteiger partial charge in [-0.3, -0.25) is 0 Å². The number of rotatable bonds is 4. The van der Waals surface area contributed by atoms with E-state index in [9.17, 15) is 13.2 Å². The minimum atomic E-state index is -4.67. The number of aromatic nitrogens is 2. The first-order valence-corrected chi connectivity index (χ1v) is 6.11. The van der Waals surface area contributed by atoms with Crippen molar-refractivity contribution in [3.63, 3.8) is 0 Å². The minimum Gasteiger partial charge on any atom is -0.406 e. The van der Waals surface area contributed by atoms with E-state index in [2.05, 4.69) is 19.6 Å². The van der Waals surface area contributed by atoms with Crippen LogP contribution in [0.5, 0.6) is 5.75 Å². The summed E-state index contributed by atoms with van der Waals surface area (Å²) in [4.78, 5) is 0. The van der Waals surface area contributed by atoms with Gasteiger partial charge in [0.1, 0.15) is 10.8 Å². The molecule has 4 nitrogen and oxygen atoms in total. The van der Waals surface area contributed by atoms with Gasteiger partial charge in [-0.15, -0.1) is 18.3 Å². The van der Waals surface area contributed by atoms with Gasteiger partial charge >= 0.3 is 6.36 Å².